The summed E-state index contributed by atoms with van der Waals surface area (Å²) in [6.07, 6.45) is 3.43. The fourth-order valence-electron chi connectivity index (χ4n) is 3.03. The molecule has 0 unspecified atom stereocenters. The number of carbonyl (C=O) groups excluding carboxylic acids is 1. The molecule has 1 aromatic heterocycles. The number of ether oxygens (including phenoxy) is 2. The summed E-state index contributed by atoms with van der Waals surface area (Å²) in [5, 5.41) is 6.97. The third-order valence-electron chi connectivity index (χ3n) is 4.10. The van der Waals surface area contributed by atoms with Crippen LogP contribution in [0.3, 0.4) is 0 Å². The number of nitrogens with one attached hydrogen (secondary N) is 1. The van der Waals surface area contributed by atoms with Gasteiger partial charge in [-0.2, -0.15) is 5.10 Å². The van der Waals surface area contributed by atoms with E-state index in [0.29, 0.717) is 37.7 Å². The van der Waals surface area contributed by atoms with Crippen LogP contribution in [0, 0.1) is 0 Å². The summed E-state index contributed by atoms with van der Waals surface area (Å²) >= 11 is 0. The minimum atomic E-state index is -0.620. The molecule has 1 amide bonds. The summed E-state index contributed by atoms with van der Waals surface area (Å²) in [5.41, 5.74) is 7.65. The summed E-state index contributed by atoms with van der Waals surface area (Å²) in [6, 6.07) is 0. The summed E-state index contributed by atoms with van der Waals surface area (Å²) in [5.74, 6) is -0.769. The average Bonchev–Trinajstić information content (AvgIpc) is 3.07. The van der Waals surface area contributed by atoms with Gasteiger partial charge in [-0.05, 0) is 12.8 Å². The molecule has 0 saturated carbocycles. The van der Waals surface area contributed by atoms with Crippen molar-refractivity contribution in [2.45, 2.75) is 38.4 Å². The van der Waals surface area contributed by atoms with Crippen molar-refractivity contribution < 1.29 is 14.3 Å². The molecule has 3 heterocycles. The van der Waals surface area contributed by atoms with Crippen molar-refractivity contribution in [3.63, 3.8) is 0 Å². The van der Waals surface area contributed by atoms with Gasteiger partial charge in [0.05, 0.1) is 31.1 Å². The lowest BCUT2D eigenvalue weighted by Crippen LogP contribution is -2.51. The first-order valence-corrected chi connectivity index (χ1v) is 7.55. The van der Waals surface area contributed by atoms with E-state index in [1.807, 2.05) is 0 Å². The highest BCUT2D eigenvalue weighted by molar-refractivity contribution is 5.97. The van der Waals surface area contributed by atoms with E-state index < -0.39 is 5.79 Å². The Bertz CT molecular complexity index is 522. The van der Waals surface area contributed by atoms with Crippen LogP contribution in [0.15, 0.2) is 0 Å². The summed E-state index contributed by atoms with van der Waals surface area (Å²) in [7, 11) is 0. The molecule has 2 fully saturated rings. The molecule has 1 spiro atoms. The van der Waals surface area contributed by atoms with Crippen LogP contribution < -0.4 is 5.73 Å². The van der Waals surface area contributed by atoms with Gasteiger partial charge < -0.3 is 20.1 Å². The minimum Gasteiger partial charge on any atom is -0.395 e. The number of anilines is 1. The molecule has 0 atom stereocenters. The third-order valence-corrected chi connectivity index (χ3v) is 4.10. The second-order valence-electron chi connectivity index (χ2n) is 5.65. The number of nitrogens with zero attached hydrogens (tertiary/aromatic N) is 2. The van der Waals surface area contributed by atoms with Crippen LogP contribution in [-0.2, 0) is 15.9 Å². The van der Waals surface area contributed by atoms with Crippen molar-refractivity contribution in [2.75, 3.05) is 32.0 Å². The first-order valence-electron chi connectivity index (χ1n) is 7.55. The maximum absolute atomic E-state index is 12.6. The van der Waals surface area contributed by atoms with E-state index >= 15 is 0 Å². The van der Waals surface area contributed by atoms with Gasteiger partial charge in [-0.3, -0.25) is 9.89 Å². The van der Waals surface area contributed by atoms with Gasteiger partial charge in [0.25, 0.3) is 5.91 Å². The Kier molecular flexibility index (Phi) is 3.86. The van der Waals surface area contributed by atoms with Crippen LogP contribution in [0.2, 0.25) is 0 Å². The van der Waals surface area contributed by atoms with Gasteiger partial charge in [-0.25, -0.2) is 0 Å². The second kappa shape index (κ2) is 5.65. The van der Waals surface area contributed by atoms with Gasteiger partial charge >= 0.3 is 0 Å². The zero-order valence-electron chi connectivity index (χ0n) is 12.4. The standard InChI is InChI=1S/C14H22N4O3/c1-2-4-10-11(15)12(17-16-10)13(19)18-6-3-5-14(9-18)20-7-8-21-14/h2-9,15H2,1H3,(H,16,17). The monoisotopic (exact) mass is 294 g/mol. The van der Waals surface area contributed by atoms with Crippen LogP contribution in [0.5, 0.6) is 0 Å². The zero-order valence-corrected chi connectivity index (χ0v) is 12.4. The number of aromatic amines is 1. The largest absolute Gasteiger partial charge is 0.395 e. The van der Waals surface area contributed by atoms with E-state index in [9.17, 15) is 4.79 Å². The van der Waals surface area contributed by atoms with Crippen LogP contribution in [0.1, 0.15) is 42.4 Å². The number of carbonyl (C=O) groups is 1. The van der Waals surface area contributed by atoms with Crippen LogP contribution in [0.4, 0.5) is 5.69 Å². The van der Waals surface area contributed by atoms with E-state index in [2.05, 4.69) is 17.1 Å². The van der Waals surface area contributed by atoms with E-state index in [4.69, 9.17) is 15.2 Å². The van der Waals surface area contributed by atoms with Crippen LogP contribution >= 0.6 is 0 Å². The predicted octanol–water partition coefficient (Wildman–Crippen LogP) is 0.923. The highest BCUT2D eigenvalue weighted by Crippen LogP contribution is 2.31. The van der Waals surface area contributed by atoms with E-state index in [1.165, 1.54) is 0 Å². The van der Waals surface area contributed by atoms with Crippen molar-refractivity contribution in [3.8, 4) is 0 Å². The van der Waals surface area contributed by atoms with Crippen molar-refractivity contribution in [1.82, 2.24) is 15.1 Å². The molecule has 21 heavy (non-hydrogen) atoms. The smallest absolute Gasteiger partial charge is 0.276 e. The number of piperidine rings is 1. The highest BCUT2D eigenvalue weighted by atomic mass is 16.7. The molecule has 0 aliphatic carbocycles. The Labute approximate surface area is 123 Å². The molecule has 7 heteroatoms. The maximum atomic E-state index is 12.6. The third kappa shape index (κ3) is 2.63. The molecule has 2 aliphatic heterocycles. The SMILES string of the molecule is CCCc1[nH]nc(C(=O)N2CCCC3(C2)OCCO3)c1N. The topological polar surface area (TPSA) is 93.5 Å². The number of aryl methyl sites for hydroxylation is 1. The molecule has 3 N–H and O–H groups in total. The number of amides is 1. The molecule has 0 aromatic carbocycles. The minimum absolute atomic E-state index is 0.149. The molecular weight excluding hydrogens is 272 g/mol. The molecule has 1 aromatic rings. The van der Waals surface area contributed by atoms with Gasteiger partial charge in [0.2, 0.25) is 0 Å². The Balaban J connectivity index is 1.75. The fraction of sp³-hybridized carbons (Fsp3) is 0.714. The Morgan fingerprint density at radius 3 is 2.95 bits per heavy atom. The average molecular weight is 294 g/mol. The lowest BCUT2D eigenvalue weighted by Gasteiger charge is -2.38. The van der Waals surface area contributed by atoms with E-state index in [-0.39, 0.29) is 5.91 Å². The van der Waals surface area contributed by atoms with Crippen molar-refractivity contribution in [1.29, 1.82) is 0 Å². The molecule has 2 saturated heterocycles. The predicted molar refractivity (Wildman–Crippen MR) is 76.8 cm³/mol. The number of aromatic nitrogens is 2. The summed E-state index contributed by atoms with van der Waals surface area (Å²) in [4.78, 5) is 14.4. The van der Waals surface area contributed by atoms with Crippen molar-refractivity contribution in [2.24, 2.45) is 0 Å². The van der Waals surface area contributed by atoms with Crippen LogP contribution in [0.25, 0.3) is 0 Å². The normalized spacial score (nSPS) is 21.1. The number of H-pyrrole nitrogens is 1. The van der Waals surface area contributed by atoms with Gasteiger partial charge in [0.1, 0.15) is 0 Å². The van der Waals surface area contributed by atoms with Gasteiger partial charge in [0, 0.05) is 13.0 Å². The summed E-state index contributed by atoms with van der Waals surface area (Å²) in [6.45, 7) is 4.37. The first kappa shape index (κ1) is 14.3. The molecular formula is C14H22N4O3. The van der Waals surface area contributed by atoms with Gasteiger partial charge in [-0.1, -0.05) is 13.3 Å². The second-order valence-corrected chi connectivity index (χ2v) is 5.65. The Morgan fingerprint density at radius 1 is 1.48 bits per heavy atom. The molecule has 0 bridgehead atoms. The van der Waals surface area contributed by atoms with Crippen LogP contribution in [-0.4, -0.2) is 53.1 Å². The van der Waals surface area contributed by atoms with Gasteiger partial charge in [-0.15, -0.1) is 0 Å². The van der Waals surface area contributed by atoms with E-state index in [1.54, 1.807) is 4.90 Å². The number of hydrogen-bond acceptors (Lipinski definition) is 5. The maximum Gasteiger partial charge on any atom is 0.276 e. The lowest BCUT2D eigenvalue weighted by atomic mass is 10.0. The first-order chi connectivity index (χ1) is 10.2. The molecule has 3 rings (SSSR count). The number of nitrogen functional groups attached to an aromatic ring is 1. The Morgan fingerprint density at radius 2 is 2.24 bits per heavy atom. The van der Waals surface area contributed by atoms with Gasteiger partial charge in [0.15, 0.2) is 11.5 Å². The zero-order chi connectivity index (χ0) is 14.9. The quantitative estimate of drug-likeness (QED) is 0.864. The number of nitrogens with two attached hydrogens (primary N) is 1. The molecule has 7 nitrogen and oxygen atoms in total. The fourth-order valence-corrected chi connectivity index (χ4v) is 3.03. The highest BCUT2D eigenvalue weighted by Gasteiger charge is 2.42. The number of rotatable bonds is 3. The molecule has 2 aliphatic rings. The van der Waals surface area contributed by atoms with E-state index in [0.717, 1.165) is 31.4 Å². The number of hydrogen-bond donors (Lipinski definition) is 2. The molecule has 116 valence electrons. The lowest BCUT2D eigenvalue weighted by molar-refractivity contribution is -0.183. The number of likely N-dealkylation sites (tertiary alicyclic amines) is 1. The van der Waals surface area contributed by atoms with Crippen molar-refractivity contribution >= 4 is 11.6 Å². The van der Waals surface area contributed by atoms with Crippen molar-refractivity contribution in [3.05, 3.63) is 11.4 Å². The Hall–Kier alpha value is -1.60. The summed E-state index contributed by atoms with van der Waals surface area (Å²) < 4.78 is 11.4. The molecule has 0 radical (unpaired) electrons.